The first kappa shape index (κ1) is 19.7. The first-order valence-corrected chi connectivity index (χ1v) is 8.22. The number of carbonyl (C=O) groups excluding carboxylic acids is 2. The van der Waals surface area contributed by atoms with Gasteiger partial charge in [0, 0.05) is 18.3 Å². The SMILES string of the molecule is C[C@@H](CN)NC(=O)C1CSC(Cc2ccccc2F)C(=O)N1.Cl. The van der Waals surface area contributed by atoms with Crippen molar-refractivity contribution in [3.8, 4) is 0 Å². The molecular formula is C15H21ClFN3O2S. The highest BCUT2D eigenvalue weighted by atomic mass is 35.5. The Hall–Kier alpha value is -1.31. The van der Waals surface area contributed by atoms with Gasteiger partial charge < -0.3 is 16.4 Å². The lowest BCUT2D eigenvalue weighted by Crippen LogP contribution is -2.56. The molecule has 1 saturated heterocycles. The Balaban J connectivity index is 0.00000264. The summed E-state index contributed by atoms with van der Waals surface area (Å²) < 4.78 is 13.6. The Morgan fingerprint density at radius 1 is 1.52 bits per heavy atom. The molecule has 5 nitrogen and oxygen atoms in total. The molecule has 0 aromatic heterocycles. The third-order valence-corrected chi connectivity index (χ3v) is 4.80. The molecule has 1 aromatic carbocycles. The summed E-state index contributed by atoms with van der Waals surface area (Å²) in [6.45, 7) is 2.14. The third kappa shape index (κ3) is 5.37. The maximum atomic E-state index is 13.6. The number of rotatable bonds is 5. The average Bonchev–Trinajstić information content (AvgIpc) is 2.51. The second-order valence-electron chi connectivity index (χ2n) is 5.32. The fourth-order valence-corrected chi connectivity index (χ4v) is 3.33. The molecule has 3 atom stereocenters. The van der Waals surface area contributed by atoms with Crippen molar-refractivity contribution in [2.45, 2.75) is 30.7 Å². The van der Waals surface area contributed by atoms with Crippen LogP contribution in [0.25, 0.3) is 0 Å². The standard InChI is InChI=1S/C15H20FN3O2S.ClH/c1-9(7-17)18-14(20)12-8-22-13(15(21)19-12)6-10-4-2-3-5-11(10)16;/h2-5,9,12-13H,6-8,17H2,1H3,(H,18,20)(H,19,21);1H/t9-,12?,13?;/m0./s1. The van der Waals surface area contributed by atoms with Crippen molar-refractivity contribution in [2.24, 2.45) is 5.73 Å². The molecule has 2 rings (SSSR count). The predicted molar refractivity (Wildman–Crippen MR) is 92.2 cm³/mol. The molecule has 4 N–H and O–H groups in total. The number of amides is 2. The normalized spacial score (nSPS) is 21.8. The van der Waals surface area contributed by atoms with Gasteiger partial charge >= 0.3 is 0 Å². The molecule has 0 saturated carbocycles. The van der Waals surface area contributed by atoms with E-state index < -0.39 is 6.04 Å². The average molecular weight is 362 g/mol. The van der Waals surface area contributed by atoms with Crippen LogP contribution >= 0.6 is 24.2 Å². The predicted octanol–water partition coefficient (Wildman–Crippen LogP) is 0.854. The zero-order valence-electron chi connectivity index (χ0n) is 12.8. The van der Waals surface area contributed by atoms with Gasteiger partial charge in [0.2, 0.25) is 11.8 Å². The summed E-state index contributed by atoms with van der Waals surface area (Å²) in [5, 5.41) is 5.06. The van der Waals surface area contributed by atoms with Crippen molar-refractivity contribution >= 4 is 36.0 Å². The van der Waals surface area contributed by atoms with Crippen LogP contribution in [-0.2, 0) is 16.0 Å². The van der Waals surface area contributed by atoms with Crippen molar-refractivity contribution < 1.29 is 14.0 Å². The maximum absolute atomic E-state index is 13.6. The van der Waals surface area contributed by atoms with Crippen LogP contribution in [0, 0.1) is 5.82 Å². The second kappa shape index (κ2) is 9.10. The smallest absolute Gasteiger partial charge is 0.243 e. The fraction of sp³-hybridized carbons (Fsp3) is 0.467. The van der Waals surface area contributed by atoms with Crippen LogP contribution in [0.1, 0.15) is 12.5 Å². The summed E-state index contributed by atoms with van der Waals surface area (Å²) in [6.07, 6.45) is 0.316. The third-order valence-electron chi connectivity index (χ3n) is 3.49. The van der Waals surface area contributed by atoms with Gasteiger partial charge in [-0.25, -0.2) is 4.39 Å². The zero-order valence-corrected chi connectivity index (χ0v) is 14.4. The largest absolute Gasteiger partial charge is 0.351 e. The van der Waals surface area contributed by atoms with Crippen LogP contribution in [0.4, 0.5) is 4.39 Å². The summed E-state index contributed by atoms with van der Waals surface area (Å²) in [5.41, 5.74) is 5.97. The summed E-state index contributed by atoms with van der Waals surface area (Å²) in [6, 6.07) is 5.71. The summed E-state index contributed by atoms with van der Waals surface area (Å²) in [4.78, 5) is 24.1. The molecule has 0 spiro atoms. The molecule has 1 fully saturated rings. The van der Waals surface area contributed by atoms with Crippen LogP contribution in [0.2, 0.25) is 0 Å². The zero-order chi connectivity index (χ0) is 16.1. The lowest BCUT2D eigenvalue weighted by Gasteiger charge is -2.29. The van der Waals surface area contributed by atoms with Gasteiger partial charge in [0.25, 0.3) is 0 Å². The van der Waals surface area contributed by atoms with Gasteiger partial charge in [-0.15, -0.1) is 24.2 Å². The lowest BCUT2D eigenvalue weighted by molar-refractivity contribution is -0.128. The number of hydrogen-bond donors (Lipinski definition) is 3. The molecule has 2 unspecified atom stereocenters. The monoisotopic (exact) mass is 361 g/mol. The van der Waals surface area contributed by atoms with Crippen molar-refractivity contribution in [3.05, 3.63) is 35.6 Å². The number of thioether (sulfide) groups is 1. The number of carbonyl (C=O) groups is 2. The molecule has 0 bridgehead atoms. The summed E-state index contributed by atoms with van der Waals surface area (Å²) in [7, 11) is 0. The van der Waals surface area contributed by atoms with Gasteiger partial charge in [-0.05, 0) is 25.0 Å². The highest BCUT2D eigenvalue weighted by Crippen LogP contribution is 2.23. The van der Waals surface area contributed by atoms with Crippen molar-refractivity contribution in [3.63, 3.8) is 0 Å². The van der Waals surface area contributed by atoms with Crippen LogP contribution in [0.15, 0.2) is 24.3 Å². The minimum atomic E-state index is -0.566. The fourth-order valence-electron chi connectivity index (χ4n) is 2.15. The number of nitrogens with one attached hydrogen (secondary N) is 2. The van der Waals surface area contributed by atoms with Crippen molar-refractivity contribution in [1.29, 1.82) is 0 Å². The van der Waals surface area contributed by atoms with Crippen LogP contribution in [0.3, 0.4) is 0 Å². The Bertz CT molecular complexity index is 561. The molecule has 1 aromatic rings. The van der Waals surface area contributed by atoms with E-state index >= 15 is 0 Å². The molecule has 1 aliphatic heterocycles. The molecule has 1 heterocycles. The Kier molecular flexibility index (Phi) is 7.81. The molecule has 0 aliphatic carbocycles. The molecule has 23 heavy (non-hydrogen) atoms. The van der Waals surface area contributed by atoms with E-state index in [1.54, 1.807) is 25.1 Å². The lowest BCUT2D eigenvalue weighted by atomic mass is 10.1. The number of hydrogen-bond acceptors (Lipinski definition) is 4. The van der Waals surface area contributed by atoms with E-state index in [0.29, 0.717) is 24.3 Å². The highest BCUT2D eigenvalue weighted by molar-refractivity contribution is 8.00. The molecule has 2 amide bonds. The van der Waals surface area contributed by atoms with Gasteiger partial charge in [-0.2, -0.15) is 0 Å². The van der Waals surface area contributed by atoms with Gasteiger partial charge in [0.15, 0.2) is 0 Å². The number of halogens is 2. The van der Waals surface area contributed by atoms with Gasteiger partial charge in [0.05, 0.1) is 5.25 Å². The van der Waals surface area contributed by atoms with Crippen LogP contribution in [-0.4, -0.2) is 41.4 Å². The molecular weight excluding hydrogens is 341 g/mol. The van der Waals surface area contributed by atoms with E-state index in [0.717, 1.165) is 0 Å². The topological polar surface area (TPSA) is 84.2 Å². The van der Waals surface area contributed by atoms with Gasteiger partial charge in [-0.3, -0.25) is 9.59 Å². The van der Waals surface area contributed by atoms with E-state index in [1.807, 2.05) is 0 Å². The van der Waals surface area contributed by atoms with Crippen LogP contribution in [0.5, 0.6) is 0 Å². The summed E-state index contributed by atoms with van der Waals surface area (Å²) in [5.74, 6) is -0.315. The number of nitrogens with two attached hydrogens (primary N) is 1. The Morgan fingerprint density at radius 3 is 2.83 bits per heavy atom. The molecule has 128 valence electrons. The van der Waals surface area contributed by atoms with E-state index in [-0.39, 0.29) is 41.3 Å². The Morgan fingerprint density at radius 2 is 2.22 bits per heavy atom. The first-order chi connectivity index (χ1) is 10.5. The maximum Gasteiger partial charge on any atom is 0.243 e. The minimum absolute atomic E-state index is 0. The van der Waals surface area contributed by atoms with Crippen molar-refractivity contribution in [1.82, 2.24) is 10.6 Å². The van der Waals surface area contributed by atoms with E-state index in [2.05, 4.69) is 10.6 Å². The number of benzene rings is 1. The van der Waals surface area contributed by atoms with E-state index in [9.17, 15) is 14.0 Å². The second-order valence-corrected chi connectivity index (χ2v) is 6.56. The van der Waals surface area contributed by atoms with Crippen LogP contribution < -0.4 is 16.4 Å². The van der Waals surface area contributed by atoms with Gasteiger partial charge in [-0.1, -0.05) is 18.2 Å². The highest BCUT2D eigenvalue weighted by Gasteiger charge is 2.33. The minimum Gasteiger partial charge on any atom is -0.351 e. The van der Waals surface area contributed by atoms with Gasteiger partial charge in [0.1, 0.15) is 11.9 Å². The molecule has 0 radical (unpaired) electrons. The van der Waals surface area contributed by atoms with E-state index in [4.69, 9.17) is 5.73 Å². The Labute approximate surface area is 145 Å². The first-order valence-electron chi connectivity index (χ1n) is 7.17. The molecule has 8 heteroatoms. The van der Waals surface area contributed by atoms with E-state index in [1.165, 1.54) is 17.8 Å². The van der Waals surface area contributed by atoms with Crippen molar-refractivity contribution in [2.75, 3.05) is 12.3 Å². The summed E-state index contributed by atoms with van der Waals surface area (Å²) >= 11 is 1.38. The molecule has 1 aliphatic rings. The quantitative estimate of drug-likeness (QED) is 0.726.